The Morgan fingerprint density at radius 2 is 1.93 bits per heavy atom. The standard InChI is InChI=1S/C8H14ClNO3S/c1-14(12,13)7-2-4-10(5-3-7)8(11)6-9/h7H,2-6H2,1H3. The summed E-state index contributed by atoms with van der Waals surface area (Å²) in [7, 11) is -2.95. The van der Waals surface area contributed by atoms with Crippen LogP contribution in [0.25, 0.3) is 0 Å². The summed E-state index contributed by atoms with van der Waals surface area (Å²) in [6.45, 7) is 1.01. The summed E-state index contributed by atoms with van der Waals surface area (Å²) in [6.07, 6.45) is 2.31. The van der Waals surface area contributed by atoms with Crippen molar-refractivity contribution in [2.75, 3.05) is 25.2 Å². The molecule has 0 radical (unpaired) electrons. The zero-order valence-electron chi connectivity index (χ0n) is 8.07. The van der Waals surface area contributed by atoms with Gasteiger partial charge in [-0.25, -0.2) is 8.42 Å². The van der Waals surface area contributed by atoms with Crippen LogP contribution in [0.1, 0.15) is 12.8 Å². The maximum Gasteiger partial charge on any atom is 0.237 e. The average Bonchev–Trinajstić information content (AvgIpc) is 2.15. The summed E-state index contributed by atoms with van der Waals surface area (Å²) in [5.41, 5.74) is 0. The minimum absolute atomic E-state index is 0.0243. The lowest BCUT2D eigenvalue weighted by molar-refractivity contribution is -0.129. The first-order chi connectivity index (χ1) is 6.45. The van der Waals surface area contributed by atoms with Crippen molar-refractivity contribution in [3.63, 3.8) is 0 Å². The number of halogens is 1. The topological polar surface area (TPSA) is 54.5 Å². The molecule has 1 heterocycles. The van der Waals surface area contributed by atoms with Gasteiger partial charge in [-0.1, -0.05) is 0 Å². The average molecular weight is 240 g/mol. The Balaban J connectivity index is 2.51. The van der Waals surface area contributed by atoms with Crippen LogP contribution in [0.3, 0.4) is 0 Å². The molecule has 0 N–H and O–H groups in total. The largest absolute Gasteiger partial charge is 0.342 e. The van der Waals surface area contributed by atoms with Gasteiger partial charge in [0.2, 0.25) is 5.91 Å². The van der Waals surface area contributed by atoms with Gasteiger partial charge < -0.3 is 4.90 Å². The zero-order valence-corrected chi connectivity index (χ0v) is 9.64. The van der Waals surface area contributed by atoms with Crippen LogP contribution < -0.4 is 0 Å². The molecule has 1 fully saturated rings. The molecular formula is C8H14ClNO3S. The monoisotopic (exact) mass is 239 g/mol. The van der Waals surface area contributed by atoms with E-state index in [1.165, 1.54) is 6.26 Å². The van der Waals surface area contributed by atoms with Gasteiger partial charge in [-0.15, -0.1) is 11.6 Å². The van der Waals surface area contributed by atoms with Gasteiger partial charge in [-0.3, -0.25) is 4.79 Å². The first-order valence-electron chi connectivity index (χ1n) is 4.47. The number of nitrogens with zero attached hydrogens (tertiary/aromatic N) is 1. The molecule has 1 saturated heterocycles. The third-order valence-corrected chi connectivity index (χ3v) is 4.43. The maximum absolute atomic E-state index is 11.2. The van der Waals surface area contributed by atoms with Crippen LogP contribution in [0.15, 0.2) is 0 Å². The number of hydrogen-bond acceptors (Lipinski definition) is 3. The van der Waals surface area contributed by atoms with E-state index in [4.69, 9.17) is 11.6 Å². The lowest BCUT2D eigenvalue weighted by atomic mass is 10.1. The Kier molecular flexibility index (Phi) is 3.78. The molecule has 4 nitrogen and oxygen atoms in total. The number of sulfone groups is 1. The first-order valence-corrected chi connectivity index (χ1v) is 6.96. The van der Waals surface area contributed by atoms with Crippen LogP contribution in [0.5, 0.6) is 0 Å². The van der Waals surface area contributed by atoms with E-state index in [1.807, 2.05) is 0 Å². The Morgan fingerprint density at radius 1 is 1.43 bits per heavy atom. The van der Waals surface area contributed by atoms with Gasteiger partial charge in [0.25, 0.3) is 0 Å². The lowest BCUT2D eigenvalue weighted by Gasteiger charge is -2.30. The Bertz CT molecular complexity index is 307. The summed E-state index contributed by atoms with van der Waals surface area (Å²) in [6, 6.07) is 0. The fourth-order valence-electron chi connectivity index (χ4n) is 1.62. The molecule has 0 atom stereocenters. The van der Waals surface area contributed by atoms with Crippen LogP contribution >= 0.6 is 11.6 Å². The van der Waals surface area contributed by atoms with Crippen LogP contribution in [0.2, 0.25) is 0 Å². The number of amides is 1. The fraction of sp³-hybridized carbons (Fsp3) is 0.875. The van der Waals surface area contributed by atoms with Gasteiger partial charge >= 0.3 is 0 Å². The molecule has 0 aliphatic carbocycles. The molecule has 1 rings (SSSR count). The summed E-state index contributed by atoms with van der Waals surface area (Å²) in [5.74, 6) is -0.137. The second-order valence-corrected chi connectivity index (χ2v) is 6.14. The van der Waals surface area contributed by atoms with E-state index in [-0.39, 0.29) is 17.0 Å². The highest BCUT2D eigenvalue weighted by molar-refractivity contribution is 7.91. The summed E-state index contributed by atoms with van der Waals surface area (Å²) in [5, 5.41) is -0.290. The van der Waals surface area contributed by atoms with Crippen molar-refractivity contribution in [1.82, 2.24) is 4.90 Å². The van der Waals surface area contributed by atoms with Gasteiger partial charge in [0, 0.05) is 19.3 Å². The minimum Gasteiger partial charge on any atom is -0.342 e. The van der Waals surface area contributed by atoms with E-state index in [1.54, 1.807) is 4.90 Å². The molecule has 82 valence electrons. The van der Waals surface area contributed by atoms with Crippen molar-refractivity contribution >= 4 is 27.3 Å². The zero-order chi connectivity index (χ0) is 10.8. The van der Waals surface area contributed by atoms with Crippen LogP contribution in [0, 0.1) is 0 Å². The normalized spacial score (nSPS) is 19.7. The van der Waals surface area contributed by atoms with E-state index >= 15 is 0 Å². The predicted molar refractivity (Wildman–Crippen MR) is 55.2 cm³/mol. The van der Waals surface area contributed by atoms with Gasteiger partial charge in [0.05, 0.1) is 5.25 Å². The van der Waals surface area contributed by atoms with Gasteiger partial charge in [-0.2, -0.15) is 0 Å². The summed E-state index contributed by atoms with van der Waals surface area (Å²) >= 11 is 5.40. The Morgan fingerprint density at radius 3 is 2.29 bits per heavy atom. The SMILES string of the molecule is CS(=O)(=O)C1CCN(C(=O)CCl)CC1. The Labute approximate surface area is 89.1 Å². The van der Waals surface area contributed by atoms with E-state index in [0.29, 0.717) is 25.9 Å². The third-order valence-electron chi connectivity index (χ3n) is 2.51. The van der Waals surface area contributed by atoms with E-state index in [9.17, 15) is 13.2 Å². The minimum atomic E-state index is -2.95. The van der Waals surface area contributed by atoms with Gasteiger partial charge in [-0.05, 0) is 12.8 Å². The summed E-state index contributed by atoms with van der Waals surface area (Å²) < 4.78 is 22.4. The van der Waals surface area contributed by atoms with E-state index in [2.05, 4.69) is 0 Å². The molecule has 0 saturated carbocycles. The molecule has 0 unspecified atom stereocenters. The molecule has 14 heavy (non-hydrogen) atoms. The van der Waals surface area contributed by atoms with Gasteiger partial charge in [0.15, 0.2) is 0 Å². The molecular weight excluding hydrogens is 226 g/mol. The second-order valence-electron chi connectivity index (χ2n) is 3.54. The van der Waals surface area contributed by atoms with Crippen molar-refractivity contribution in [3.05, 3.63) is 0 Å². The van der Waals surface area contributed by atoms with Gasteiger partial charge in [0.1, 0.15) is 15.7 Å². The predicted octanol–water partition coefficient (Wildman–Crippen LogP) is 0.261. The number of hydrogen-bond donors (Lipinski definition) is 0. The van der Waals surface area contributed by atoms with Crippen molar-refractivity contribution in [2.24, 2.45) is 0 Å². The first kappa shape index (κ1) is 11.8. The maximum atomic E-state index is 11.2. The Hall–Kier alpha value is -0.290. The molecule has 1 aliphatic rings. The van der Waals surface area contributed by atoms with E-state index in [0.717, 1.165) is 0 Å². The quantitative estimate of drug-likeness (QED) is 0.650. The van der Waals surface area contributed by atoms with Crippen molar-refractivity contribution < 1.29 is 13.2 Å². The van der Waals surface area contributed by atoms with E-state index < -0.39 is 9.84 Å². The number of carbonyl (C=O) groups is 1. The number of carbonyl (C=O) groups excluding carboxylic acids is 1. The number of likely N-dealkylation sites (tertiary alicyclic amines) is 1. The molecule has 0 spiro atoms. The fourth-order valence-corrected chi connectivity index (χ4v) is 2.85. The highest BCUT2D eigenvalue weighted by Gasteiger charge is 2.28. The molecule has 6 heteroatoms. The highest BCUT2D eigenvalue weighted by Crippen LogP contribution is 2.17. The molecule has 0 aromatic rings. The van der Waals surface area contributed by atoms with Crippen molar-refractivity contribution in [2.45, 2.75) is 18.1 Å². The second kappa shape index (κ2) is 4.49. The highest BCUT2D eigenvalue weighted by atomic mass is 35.5. The van der Waals surface area contributed by atoms with Crippen LogP contribution in [-0.2, 0) is 14.6 Å². The number of alkyl halides is 1. The smallest absolute Gasteiger partial charge is 0.237 e. The molecule has 0 aromatic heterocycles. The lowest BCUT2D eigenvalue weighted by Crippen LogP contribution is -2.42. The van der Waals surface area contributed by atoms with Crippen molar-refractivity contribution in [3.8, 4) is 0 Å². The van der Waals surface area contributed by atoms with Crippen LogP contribution in [0.4, 0.5) is 0 Å². The number of piperidine rings is 1. The molecule has 0 bridgehead atoms. The summed E-state index contributed by atoms with van der Waals surface area (Å²) in [4.78, 5) is 12.8. The number of rotatable bonds is 2. The molecule has 1 amide bonds. The van der Waals surface area contributed by atoms with Crippen molar-refractivity contribution in [1.29, 1.82) is 0 Å². The van der Waals surface area contributed by atoms with Crippen LogP contribution in [-0.4, -0.2) is 49.7 Å². The molecule has 0 aromatic carbocycles. The molecule has 1 aliphatic heterocycles. The third kappa shape index (κ3) is 2.85.